The van der Waals surface area contributed by atoms with Gasteiger partial charge in [-0.05, 0) is 169 Å². The number of aryl methyl sites for hydroxylation is 4. The SMILES string of the molecule is Cc1ccc(CCCC(=O)NCCCC(=O)CCSSc2ccccn2)cc1.Cc1ccc(OCCCCNC(=O)CCC(=O)CCCCN2C(=O)C=CC2=O)cc1.Cc1ccc(OCCCCNC(=O)CCC(=O)CCCNC(=O)C2CCC(CN3C(=O)C=CC3=O)CC2)cc1. The van der Waals surface area contributed by atoms with Crippen molar-refractivity contribution in [2.45, 2.75) is 173 Å². The molecule has 0 saturated heterocycles. The number of benzene rings is 3. The highest BCUT2D eigenvalue weighted by molar-refractivity contribution is 8.76. The number of Topliss-reactive ketones (excluding diaryl/α,β-unsaturated/α-hetero) is 3. The minimum atomic E-state index is -0.301. The van der Waals surface area contributed by atoms with Gasteiger partial charge < -0.3 is 30.7 Å². The molecule has 0 atom stereocenters. The summed E-state index contributed by atoms with van der Waals surface area (Å²) in [5.74, 6) is 1.63. The summed E-state index contributed by atoms with van der Waals surface area (Å²) in [4.78, 5) is 137. The fourth-order valence-electron chi connectivity index (χ4n) is 10.4. The largest absolute Gasteiger partial charge is 0.494 e. The summed E-state index contributed by atoms with van der Waals surface area (Å²) in [6.07, 6.45) is 20.5. The van der Waals surface area contributed by atoms with E-state index >= 15 is 0 Å². The van der Waals surface area contributed by atoms with E-state index in [2.05, 4.69) is 57.4 Å². The van der Waals surface area contributed by atoms with Crippen LogP contribution < -0.4 is 30.7 Å². The van der Waals surface area contributed by atoms with E-state index < -0.39 is 0 Å². The summed E-state index contributed by atoms with van der Waals surface area (Å²) in [7, 11) is 3.25. The molecule has 97 heavy (non-hydrogen) atoms. The van der Waals surface area contributed by atoms with Gasteiger partial charge in [0.15, 0.2) is 0 Å². The zero-order valence-corrected chi connectivity index (χ0v) is 58.4. The Bertz CT molecular complexity index is 3160. The van der Waals surface area contributed by atoms with E-state index in [4.69, 9.17) is 9.47 Å². The summed E-state index contributed by atoms with van der Waals surface area (Å²) in [5.41, 5.74) is 4.90. The molecule has 0 radical (unpaired) electrons. The highest BCUT2D eigenvalue weighted by Gasteiger charge is 2.31. The summed E-state index contributed by atoms with van der Waals surface area (Å²) >= 11 is 0. The predicted molar refractivity (Wildman–Crippen MR) is 378 cm³/mol. The standard InChI is InChI=1S/C30H41N3O6.C23H30N2O5.C22H28N2O2S2/c1-22-6-13-26(14-7-22)39-20-3-2-18-31-27(35)15-12-25(34)5-4-19-32-30(38)24-10-8-23(9-11-24)21-33-28(36)16-17-29(33)37;1-18-7-10-20(11-8-18)30-17-5-3-15-24-21(27)12-9-19(26)6-2-4-16-25-22(28)13-14-23(25)29;1-18-10-12-19(13-11-18)6-4-8-21(26)23-16-5-7-20(25)14-17-27-28-22-9-2-3-15-24-22/h6-7,13-14,16-17,23-24H,2-5,8-12,15,18-21H2,1H3,(H,31,35)(H,32,38);7-8,10-11,13-14H,2-6,9,12,15-17H2,1H3,(H,24,27);2-3,9-13,15H,4-8,14,16-17H2,1H3,(H,23,26). The fraction of sp³-hybridized carbons (Fsp3) is 0.493. The maximum absolute atomic E-state index is 12.5. The van der Waals surface area contributed by atoms with Crippen LogP contribution in [0.15, 0.2) is 127 Å². The molecule has 0 bridgehead atoms. The van der Waals surface area contributed by atoms with Crippen LogP contribution in [0.4, 0.5) is 0 Å². The van der Waals surface area contributed by atoms with Gasteiger partial charge in [0.2, 0.25) is 23.6 Å². The summed E-state index contributed by atoms with van der Waals surface area (Å²) < 4.78 is 11.3. The van der Waals surface area contributed by atoms with E-state index in [-0.39, 0.29) is 102 Å². The van der Waals surface area contributed by atoms with Crippen molar-refractivity contribution in [2.75, 3.05) is 58.2 Å². The number of hydrogen-bond donors (Lipinski definition) is 4. The van der Waals surface area contributed by atoms with Crippen molar-refractivity contribution in [3.05, 3.63) is 144 Å². The van der Waals surface area contributed by atoms with Gasteiger partial charge in [0, 0.05) is 139 Å². The number of carbonyl (C=O) groups excluding carboxylic acids is 11. The number of amides is 8. The summed E-state index contributed by atoms with van der Waals surface area (Å²) in [6, 6.07) is 30.0. The lowest BCUT2D eigenvalue weighted by Gasteiger charge is -2.30. The number of pyridine rings is 1. The van der Waals surface area contributed by atoms with Gasteiger partial charge in [0.05, 0.1) is 13.2 Å². The van der Waals surface area contributed by atoms with Crippen molar-refractivity contribution in [3.63, 3.8) is 0 Å². The second-order valence-corrected chi connectivity index (χ2v) is 27.0. The Labute approximate surface area is 580 Å². The van der Waals surface area contributed by atoms with E-state index in [1.54, 1.807) is 27.8 Å². The minimum Gasteiger partial charge on any atom is -0.494 e. The van der Waals surface area contributed by atoms with Crippen LogP contribution in [-0.2, 0) is 59.2 Å². The number of unbranched alkanes of at least 4 members (excludes halogenated alkanes) is 3. The first-order valence-electron chi connectivity index (χ1n) is 34.3. The Hall–Kier alpha value is -8.24. The molecule has 3 aromatic carbocycles. The lowest BCUT2D eigenvalue weighted by atomic mass is 9.81. The molecule has 2 aliphatic heterocycles. The topological polar surface area (TPSA) is 274 Å². The molecule has 1 fully saturated rings. The van der Waals surface area contributed by atoms with Crippen LogP contribution in [0.1, 0.15) is 164 Å². The normalized spacial score (nSPS) is 14.6. The first kappa shape index (κ1) is 79.4. The Morgan fingerprint density at radius 2 is 0.928 bits per heavy atom. The molecule has 1 saturated carbocycles. The molecule has 4 aromatic rings. The van der Waals surface area contributed by atoms with E-state index in [0.29, 0.717) is 110 Å². The van der Waals surface area contributed by atoms with Gasteiger partial charge in [-0.1, -0.05) is 82.1 Å². The summed E-state index contributed by atoms with van der Waals surface area (Å²) in [6.45, 7) is 10.2. The fourth-order valence-corrected chi connectivity index (χ4v) is 12.4. The van der Waals surface area contributed by atoms with Gasteiger partial charge in [0.25, 0.3) is 23.6 Å². The number of nitrogens with one attached hydrogen (secondary N) is 4. The third-order valence-electron chi connectivity index (χ3n) is 16.3. The van der Waals surface area contributed by atoms with E-state index in [1.165, 1.54) is 56.4 Å². The van der Waals surface area contributed by atoms with Crippen molar-refractivity contribution < 1.29 is 62.2 Å². The van der Waals surface area contributed by atoms with Crippen molar-refractivity contribution in [1.29, 1.82) is 0 Å². The summed E-state index contributed by atoms with van der Waals surface area (Å²) in [5, 5.41) is 12.5. The van der Waals surface area contributed by atoms with Crippen LogP contribution in [0.25, 0.3) is 0 Å². The molecular formula is C75H99N7O13S2. The third-order valence-corrected chi connectivity index (χ3v) is 18.6. The number of nitrogens with zero attached hydrogens (tertiary/aromatic N) is 3. The van der Waals surface area contributed by atoms with E-state index in [9.17, 15) is 52.7 Å². The molecule has 0 unspecified atom stereocenters. The van der Waals surface area contributed by atoms with Crippen molar-refractivity contribution in [1.82, 2.24) is 36.1 Å². The molecule has 3 heterocycles. The Morgan fingerprint density at radius 3 is 1.44 bits per heavy atom. The lowest BCUT2D eigenvalue weighted by Crippen LogP contribution is -2.38. The molecule has 0 spiro atoms. The van der Waals surface area contributed by atoms with Gasteiger partial charge in [-0.2, -0.15) is 0 Å². The number of aromatic nitrogens is 1. The average molecular weight is 1370 g/mol. The molecule has 1 aromatic heterocycles. The smallest absolute Gasteiger partial charge is 0.253 e. The van der Waals surface area contributed by atoms with Crippen molar-refractivity contribution in [2.24, 2.45) is 11.8 Å². The number of ketones is 3. The van der Waals surface area contributed by atoms with Gasteiger partial charge in [0.1, 0.15) is 33.9 Å². The van der Waals surface area contributed by atoms with Crippen LogP contribution in [0.5, 0.6) is 11.5 Å². The zero-order valence-electron chi connectivity index (χ0n) is 56.8. The Kier molecular flexibility index (Phi) is 38.4. The number of ether oxygens (including phenoxy) is 2. The molecule has 22 heteroatoms. The maximum Gasteiger partial charge on any atom is 0.253 e. The van der Waals surface area contributed by atoms with Gasteiger partial charge in [-0.15, -0.1) is 0 Å². The van der Waals surface area contributed by atoms with Crippen LogP contribution in [-0.4, -0.2) is 138 Å². The second kappa shape index (κ2) is 46.8. The van der Waals surface area contributed by atoms with E-state index in [1.807, 2.05) is 80.6 Å². The number of hydrogen-bond acceptors (Lipinski definition) is 16. The lowest BCUT2D eigenvalue weighted by molar-refractivity contribution is -0.139. The zero-order chi connectivity index (χ0) is 69.8. The van der Waals surface area contributed by atoms with Gasteiger partial charge in [-0.25, -0.2) is 4.98 Å². The van der Waals surface area contributed by atoms with Crippen LogP contribution in [0.3, 0.4) is 0 Å². The number of carbonyl (C=O) groups is 11. The monoisotopic (exact) mass is 1370 g/mol. The number of rotatable bonds is 43. The quantitative estimate of drug-likeness (QED) is 0.0182. The molecular weight excluding hydrogens is 1270 g/mol. The molecule has 1 aliphatic carbocycles. The molecule has 8 amide bonds. The molecule has 4 N–H and O–H groups in total. The third kappa shape index (κ3) is 35.0. The van der Waals surface area contributed by atoms with Gasteiger partial charge in [-0.3, -0.25) is 62.5 Å². The number of imide groups is 2. The van der Waals surface area contributed by atoms with Crippen molar-refractivity contribution in [3.8, 4) is 11.5 Å². The van der Waals surface area contributed by atoms with Gasteiger partial charge >= 0.3 is 0 Å². The Morgan fingerprint density at radius 1 is 0.464 bits per heavy atom. The first-order chi connectivity index (χ1) is 46.9. The van der Waals surface area contributed by atoms with E-state index in [0.717, 1.165) is 86.5 Å². The average Bonchev–Trinajstić information content (AvgIpc) is 1.75. The highest BCUT2D eigenvalue weighted by Crippen LogP contribution is 2.31. The minimum absolute atomic E-state index is 0.000431. The highest BCUT2D eigenvalue weighted by atomic mass is 33.1. The Balaban J connectivity index is 0.000000268. The van der Waals surface area contributed by atoms with Crippen LogP contribution in [0, 0.1) is 32.6 Å². The first-order valence-corrected chi connectivity index (χ1v) is 36.6. The van der Waals surface area contributed by atoms with Crippen LogP contribution in [0.2, 0.25) is 0 Å². The molecule has 3 aliphatic rings. The molecule has 20 nitrogen and oxygen atoms in total. The van der Waals surface area contributed by atoms with Crippen molar-refractivity contribution >= 4 is 86.2 Å². The molecule has 7 rings (SSSR count). The second-order valence-electron chi connectivity index (χ2n) is 24.5. The predicted octanol–water partition coefficient (Wildman–Crippen LogP) is 11.0. The van der Waals surface area contributed by atoms with Crippen LogP contribution >= 0.6 is 21.6 Å². The molecule has 524 valence electrons. The maximum atomic E-state index is 12.5.